The van der Waals surface area contributed by atoms with Gasteiger partial charge in [-0.2, -0.15) is 5.10 Å². The van der Waals surface area contributed by atoms with E-state index in [2.05, 4.69) is 17.0 Å². The summed E-state index contributed by atoms with van der Waals surface area (Å²) in [6.45, 7) is 4.72. The Morgan fingerprint density at radius 3 is 2.83 bits per heavy atom. The molecule has 0 aliphatic rings. The summed E-state index contributed by atoms with van der Waals surface area (Å²) in [5.41, 5.74) is 2.86. The van der Waals surface area contributed by atoms with Gasteiger partial charge in [0.15, 0.2) is 6.29 Å². The second-order valence-electron chi connectivity index (χ2n) is 4.13. The maximum absolute atomic E-state index is 11.1. The second-order valence-corrected chi connectivity index (χ2v) is 4.52. The van der Waals surface area contributed by atoms with Gasteiger partial charge in [-0.05, 0) is 25.5 Å². The average Bonchev–Trinajstić information content (AvgIpc) is 2.71. The van der Waals surface area contributed by atoms with E-state index in [9.17, 15) is 4.79 Å². The molecular formula is C13H14ClN3O. The van der Waals surface area contributed by atoms with Crippen LogP contribution in [0.4, 0.5) is 0 Å². The van der Waals surface area contributed by atoms with E-state index in [1.54, 1.807) is 16.9 Å². The maximum atomic E-state index is 11.1. The number of hydrogen-bond acceptors (Lipinski definition) is 3. The number of pyridine rings is 1. The van der Waals surface area contributed by atoms with Gasteiger partial charge in [0.25, 0.3) is 0 Å². The van der Waals surface area contributed by atoms with Gasteiger partial charge < -0.3 is 0 Å². The lowest BCUT2D eigenvalue weighted by molar-refractivity contribution is 0.112. The Bertz CT molecular complexity index is 557. The fourth-order valence-corrected chi connectivity index (χ4v) is 2.11. The number of aldehydes is 1. The van der Waals surface area contributed by atoms with E-state index in [0.29, 0.717) is 16.4 Å². The average molecular weight is 264 g/mol. The largest absolute Gasteiger partial charge is 0.298 e. The summed E-state index contributed by atoms with van der Waals surface area (Å²) < 4.78 is 1.78. The molecule has 0 radical (unpaired) electrons. The van der Waals surface area contributed by atoms with Crippen LogP contribution in [0.25, 0.3) is 11.3 Å². The first-order valence-electron chi connectivity index (χ1n) is 5.81. The number of nitrogens with zero attached hydrogens (tertiary/aromatic N) is 3. The predicted molar refractivity (Wildman–Crippen MR) is 70.9 cm³/mol. The van der Waals surface area contributed by atoms with Crippen LogP contribution in [0.1, 0.15) is 29.4 Å². The fourth-order valence-electron chi connectivity index (χ4n) is 1.86. The Morgan fingerprint density at radius 2 is 2.22 bits per heavy atom. The van der Waals surface area contributed by atoms with Crippen molar-refractivity contribution in [3.63, 3.8) is 0 Å². The number of carbonyl (C=O) groups excluding carboxylic acids is 1. The quantitative estimate of drug-likeness (QED) is 0.629. The van der Waals surface area contributed by atoms with Crippen molar-refractivity contribution in [1.29, 1.82) is 0 Å². The topological polar surface area (TPSA) is 47.8 Å². The van der Waals surface area contributed by atoms with Gasteiger partial charge in [-0.1, -0.05) is 18.5 Å². The van der Waals surface area contributed by atoms with E-state index in [1.807, 2.05) is 13.0 Å². The van der Waals surface area contributed by atoms with E-state index in [4.69, 9.17) is 11.6 Å². The van der Waals surface area contributed by atoms with Crippen LogP contribution in [0.2, 0.25) is 5.15 Å². The zero-order valence-electron chi connectivity index (χ0n) is 10.4. The van der Waals surface area contributed by atoms with E-state index in [-0.39, 0.29) is 0 Å². The molecule has 2 heterocycles. The number of rotatable bonds is 4. The van der Waals surface area contributed by atoms with Crippen molar-refractivity contribution in [2.24, 2.45) is 0 Å². The van der Waals surface area contributed by atoms with Crippen molar-refractivity contribution in [2.45, 2.75) is 26.8 Å². The molecule has 0 saturated carbocycles. The lowest BCUT2D eigenvalue weighted by Gasteiger charge is -2.01. The summed E-state index contributed by atoms with van der Waals surface area (Å²) in [7, 11) is 0. The van der Waals surface area contributed by atoms with E-state index < -0.39 is 0 Å². The molecular weight excluding hydrogens is 250 g/mol. The van der Waals surface area contributed by atoms with Crippen LogP contribution in [0.5, 0.6) is 0 Å². The van der Waals surface area contributed by atoms with Crippen LogP contribution < -0.4 is 0 Å². The summed E-state index contributed by atoms with van der Waals surface area (Å²) in [6, 6.07) is 3.59. The Hall–Kier alpha value is -1.68. The molecule has 94 valence electrons. The molecule has 2 aromatic rings. The number of carbonyl (C=O) groups is 1. The second kappa shape index (κ2) is 5.31. The first-order valence-corrected chi connectivity index (χ1v) is 6.19. The first-order chi connectivity index (χ1) is 8.63. The fraction of sp³-hybridized carbons (Fsp3) is 0.308. The zero-order chi connectivity index (χ0) is 13.1. The minimum atomic E-state index is 0.409. The lowest BCUT2D eigenvalue weighted by Crippen LogP contribution is -1.97. The van der Waals surface area contributed by atoms with Crippen molar-refractivity contribution >= 4 is 17.9 Å². The number of hydrogen-bond donors (Lipinski definition) is 0. The van der Waals surface area contributed by atoms with Gasteiger partial charge in [0, 0.05) is 24.0 Å². The van der Waals surface area contributed by atoms with Crippen LogP contribution in [-0.4, -0.2) is 21.1 Å². The third kappa shape index (κ3) is 2.59. The van der Waals surface area contributed by atoms with Gasteiger partial charge in [-0.15, -0.1) is 0 Å². The van der Waals surface area contributed by atoms with Gasteiger partial charge in [0.2, 0.25) is 0 Å². The number of aryl methyl sites for hydroxylation is 2. The first kappa shape index (κ1) is 12.8. The van der Waals surface area contributed by atoms with Gasteiger partial charge in [0.1, 0.15) is 10.8 Å². The van der Waals surface area contributed by atoms with Crippen LogP contribution in [0.3, 0.4) is 0 Å². The third-order valence-corrected chi connectivity index (χ3v) is 2.76. The Morgan fingerprint density at radius 1 is 1.44 bits per heavy atom. The standard InChI is InChI=1S/C13H14ClN3O/c1-3-4-17-7-11(8-18)13(16-17)10-5-9(2)15-12(14)6-10/h5-8H,3-4H2,1-2H3. The molecule has 18 heavy (non-hydrogen) atoms. The molecule has 5 heteroatoms. The normalized spacial score (nSPS) is 10.6. The van der Waals surface area contributed by atoms with Gasteiger partial charge in [-0.3, -0.25) is 9.48 Å². The van der Waals surface area contributed by atoms with Gasteiger partial charge >= 0.3 is 0 Å². The molecule has 0 saturated heterocycles. The van der Waals surface area contributed by atoms with Gasteiger partial charge in [0.05, 0.1) is 5.56 Å². The third-order valence-electron chi connectivity index (χ3n) is 2.57. The monoisotopic (exact) mass is 263 g/mol. The molecule has 0 aliphatic carbocycles. The molecule has 0 unspecified atom stereocenters. The van der Waals surface area contributed by atoms with Crippen molar-refractivity contribution in [3.05, 3.63) is 34.7 Å². The lowest BCUT2D eigenvalue weighted by atomic mass is 10.1. The highest BCUT2D eigenvalue weighted by Gasteiger charge is 2.11. The number of halogens is 1. The predicted octanol–water partition coefficient (Wildman–Crippen LogP) is 3.13. The van der Waals surface area contributed by atoms with Crippen LogP contribution >= 0.6 is 11.6 Å². The maximum Gasteiger partial charge on any atom is 0.153 e. The molecule has 0 fully saturated rings. The van der Waals surface area contributed by atoms with E-state index in [0.717, 1.165) is 30.5 Å². The molecule has 0 aromatic carbocycles. The molecule has 2 rings (SSSR count). The molecule has 0 aliphatic heterocycles. The van der Waals surface area contributed by atoms with Crippen molar-refractivity contribution in [2.75, 3.05) is 0 Å². The highest BCUT2D eigenvalue weighted by atomic mass is 35.5. The van der Waals surface area contributed by atoms with Crippen LogP contribution in [-0.2, 0) is 6.54 Å². The van der Waals surface area contributed by atoms with E-state index in [1.165, 1.54) is 0 Å². The van der Waals surface area contributed by atoms with E-state index >= 15 is 0 Å². The van der Waals surface area contributed by atoms with Crippen molar-refractivity contribution in [3.8, 4) is 11.3 Å². The molecule has 0 N–H and O–H groups in total. The molecule has 0 bridgehead atoms. The highest BCUT2D eigenvalue weighted by molar-refractivity contribution is 6.29. The van der Waals surface area contributed by atoms with Crippen molar-refractivity contribution < 1.29 is 4.79 Å². The van der Waals surface area contributed by atoms with Crippen LogP contribution in [0, 0.1) is 6.92 Å². The smallest absolute Gasteiger partial charge is 0.153 e. The van der Waals surface area contributed by atoms with Crippen molar-refractivity contribution in [1.82, 2.24) is 14.8 Å². The Kier molecular flexibility index (Phi) is 3.77. The minimum Gasteiger partial charge on any atom is -0.298 e. The SMILES string of the molecule is CCCn1cc(C=O)c(-c2cc(C)nc(Cl)c2)n1. The summed E-state index contributed by atoms with van der Waals surface area (Å²) in [6.07, 6.45) is 3.54. The zero-order valence-corrected chi connectivity index (χ0v) is 11.1. The summed E-state index contributed by atoms with van der Waals surface area (Å²) in [5, 5.41) is 4.83. The molecule has 0 spiro atoms. The Labute approximate surface area is 111 Å². The number of aromatic nitrogens is 3. The summed E-state index contributed by atoms with van der Waals surface area (Å²) in [5.74, 6) is 0. The van der Waals surface area contributed by atoms with Crippen LogP contribution in [0.15, 0.2) is 18.3 Å². The van der Waals surface area contributed by atoms with Gasteiger partial charge in [-0.25, -0.2) is 4.98 Å². The highest BCUT2D eigenvalue weighted by Crippen LogP contribution is 2.24. The molecule has 4 nitrogen and oxygen atoms in total. The minimum absolute atomic E-state index is 0.409. The summed E-state index contributed by atoms with van der Waals surface area (Å²) in [4.78, 5) is 15.2. The molecule has 0 atom stereocenters. The Balaban J connectivity index is 2.51. The summed E-state index contributed by atoms with van der Waals surface area (Å²) >= 11 is 5.93. The molecule has 0 amide bonds. The molecule has 2 aromatic heterocycles.